The molecule has 4 nitrogen and oxygen atoms in total. The summed E-state index contributed by atoms with van der Waals surface area (Å²) in [6.45, 7) is 10.4. The van der Waals surface area contributed by atoms with E-state index in [4.69, 9.17) is 0 Å². The van der Waals surface area contributed by atoms with Gasteiger partial charge in [-0.05, 0) is 44.1 Å². The van der Waals surface area contributed by atoms with E-state index >= 15 is 0 Å². The number of amides is 1. The van der Waals surface area contributed by atoms with E-state index in [0.717, 1.165) is 58.3 Å². The Morgan fingerprint density at radius 2 is 1.90 bits per heavy atom. The van der Waals surface area contributed by atoms with Gasteiger partial charge in [-0.3, -0.25) is 4.79 Å². The Labute approximate surface area is 123 Å². The van der Waals surface area contributed by atoms with Crippen LogP contribution in [0.5, 0.6) is 0 Å². The molecule has 4 heteroatoms. The summed E-state index contributed by atoms with van der Waals surface area (Å²) in [5, 5.41) is 12.4. The number of aliphatic hydroxyl groups excluding tert-OH is 1. The summed E-state index contributed by atoms with van der Waals surface area (Å²) in [5.74, 6) is 0.184. The predicted molar refractivity (Wildman–Crippen MR) is 82.6 cm³/mol. The zero-order valence-electron chi connectivity index (χ0n) is 13.5. The Kier molecular flexibility index (Phi) is 7.52. The first-order valence-corrected chi connectivity index (χ1v) is 8.04. The SMILES string of the molecule is CC(C)(C)CCCC(=O)NCCCN1CCC(O)CC1. The standard InChI is InChI=1S/C16H32N2O2/c1-16(2,3)9-4-6-15(20)17-10-5-11-18-12-7-14(19)8-13-18/h14,19H,4-13H2,1-3H3,(H,17,20). The number of rotatable bonds is 7. The van der Waals surface area contributed by atoms with Crippen molar-refractivity contribution in [2.45, 2.75) is 65.4 Å². The summed E-state index contributed by atoms with van der Waals surface area (Å²) in [6, 6.07) is 0. The molecule has 1 aliphatic heterocycles. The molecule has 1 heterocycles. The van der Waals surface area contributed by atoms with Gasteiger partial charge in [0.1, 0.15) is 0 Å². The van der Waals surface area contributed by atoms with Crippen LogP contribution in [0.25, 0.3) is 0 Å². The molecule has 0 aromatic heterocycles. The lowest BCUT2D eigenvalue weighted by atomic mass is 9.90. The number of likely N-dealkylation sites (tertiary alicyclic amines) is 1. The van der Waals surface area contributed by atoms with Gasteiger partial charge in [-0.25, -0.2) is 0 Å². The summed E-state index contributed by atoms with van der Waals surface area (Å²) < 4.78 is 0. The third kappa shape index (κ3) is 8.54. The molecule has 2 N–H and O–H groups in total. The number of aliphatic hydroxyl groups is 1. The van der Waals surface area contributed by atoms with Gasteiger partial charge < -0.3 is 15.3 Å². The van der Waals surface area contributed by atoms with Crippen LogP contribution in [0, 0.1) is 5.41 Å². The van der Waals surface area contributed by atoms with Crippen LogP contribution in [0.2, 0.25) is 0 Å². The highest BCUT2D eigenvalue weighted by Crippen LogP contribution is 2.21. The average Bonchev–Trinajstić information content (AvgIpc) is 2.35. The minimum atomic E-state index is -0.103. The summed E-state index contributed by atoms with van der Waals surface area (Å²) >= 11 is 0. The van der Waals surface area contributed by atoms with Crippen molar-refractivity contribution in [2.75, 3.05) is 26.2 Å². The number of nitrogens with zero attached hydrogens (tertiary/aromatic N) is 1. The fourth-order valence-corrected chi connectivity index (χ4v) is 2.54. The Morgan fingerprint density at radius 3 is 2.50 bits per heavy atom. The molecule has 0 radical (unpaired) electrons. The second-order valence-corrected chi connectivity index (χ2v) is 7.19. The summed E-state index contributed by atoms with van der Waals surface area (Å²) in [7, 11) is 0. The average molecular weight is 284 g/mol. The molecule has 20 heavy (non-hydrogen) atoms. The fourth-order valence-electron chi connectivity index (χ4n) is 2.54. The third-order valence-corrected chi connectivity index (χ3v) is 3.86. The molecular formula is C16H32N2O2. The van der Waals surface area contributed by atoms with Gasteiger partial charge in [-0.2, -0.15) is 0 Å². The zero-order valence-corrected chi connectivity index (χ0v) is 13.5. The quantitative estimate of drug-likeness (QED) is 0.705. The van der Waals surface area contributed by atoms with E-state index in [9.17, 15) is 9.90 Å². The normalized spacial score (nSPS) is 18.2. The molecule has 1 fully saturated rings. The van der Waals surface area contributed by atoms with Crippen LogP contribution in [0.15, 0.2) is 0 Å². The molecule has 0 unspecified atom stereocenters. The first-order chi connectivity index (χ1) is 9.37. The molecule has 0 aromatic carbocycles. The molecule has 0 spiro atoms. The smallest absolute Gasteiger partial charge is 0.219 e. The Hall–Kier alpha value is -0.610. The van der Waals surface area contributed by atoms with Crippen molar-refractivity contribution in [1.82, 2.24) is 10.2 Å². The van der Waals surface area contributed by atoms with Crippen molar-refractivity contribution >= 4 is 5.91 Å². The predicted octanol–water partition coefficient (Wildman–Crippen LogP) is 2.17. The highest BCUT2D eigenvalue weighted by molar-refractivity contribution is 5.75. The van der Waals surface area contributed by atoms with Crippen LogP contribution in [0.3, 0.4) is 0 Å². The maximum Gasteiger partial charge on any atom is 0.219 e. The third-order valence-electron chi connectivity index (χ3n) is 3.86. The van der Waals surface area contributed by atoms with E-state index in [-0.39, 0.29) is 12.0 Å². The first kappa shape index (κ1) is 17.4. The molecule has 0 bridgehead atoms. The number of hydrogen-bond donors (Lipinski definition) is 2. The van der Waals surface area contributed by atoms with E-state index < -0.39 is 0 Å². The topological polar surface area (TPSA) is 52.6 Å². The fraction of sp³-hybridized carbons (Fsp3) is 0.938. The monoisotopic (exact) mass is 284 g/mol. The van der Waals surface area contributed by atoms with E-state index in [2.05, 4.69) is 31.0 Å². The van der Waals surface area contributed by atoms with Gasteiger partial charge in [0.15, 0.2) is 0 Å². The minimum Gasteiger partial charge on any atom is -0.393 e. The molecular weight excluding hydrogens is 252 g/mol. The summed E-state index contributed by atoms with van der Waals surface area (Å²) in [6.07, 6.45) is 5.39. The second-order valence-electron chi connectivity index (χ2n) is 7.19. The molecule has 1 saturated heterocycles. The van der Waals surface area contributed by atoms with Gasteiger partial charge >= 0.3 is 0 Å². The maximum atomic E-state index is 11.7. The number of nitrogens with one attached hydrogen (secondary N) is 1. The van der Waals surface area contributed by atoms with Crippen molar-refractivity contribution in [2.24, 2.45) is 5.41 Å². The summed E-state index contributed by atoms with van der Waals surface area (Å²) in [4.78, 5) is 14.0. The molecule has 0 aliphatic carbocycles. The largest absolute Gasteiger partial charge is 0.393 e. The van der Waals surface area contributed by atoms with Crippen LogP contribution < -0.4 is 5.32 Å². The van der Waals surface area contributed by atoms with Gasteiger partial charge in [0, 0.05) is 26.1 Å². The molecule has 1 rings (SSSR count). The van der Waals surface area contributed by atoms with Crippen LogP contribution in [-0.4, -0.2) is 48.2 Å². The van der Waals surface area contributed by atoms with E-state index in [1.807, 2.05) is 0 Å². The van der Waals surface area contributed by atoms with Crippen molar-refractivity contribution in [3.8, 4) is 0 Å². The van der Waals surface area contributed by atoms with Gasteiger partial charge in [0.2, 0.25) is 5.91 Å². The lowest BCUT2D eigenvalue weighted by Gasteiger charge is -2.29. The zero-order chi connectivity index (χ0) is 15.0. The first-order valence-electron chi connectivity index (χ1n) is 8.04. The number of carbonyl (C=O) groups excluding carboxylic acids is 1. The maximum absolute atomic E-state index is 11.7. The molecule has 1 aliphatic rings. The number of piperidine rings is 1. The van der Waals surface area contributed by atoms with Crippen LogP contribution >= 0.6 is 0 Å². The number of carbonyl (C=O) groups is 1. The molecule has 118 valence electrons. The Morgan fingerprint density at radius 1 is 1.25 bits per heavy atom. The highest BCUT2D eigenvalue weighted by Gasteiger charge is 2.16. The van der Waals surface area contributed by atoms with Crippen molar-refractivity contribution in [3.63, 3.8) is 0 Å². The Balaban J connectivity index is 1.96. The lowest BCUT2D eigenvalue weighted by molar-refractivity contribution is -0.121. The van der Waals surface area contributed by atoms with Gasteiger partial charge in [0.05, 0.1) is 6.10 Å². The van der Waals surface area contributed by atoms with Gasteiger partial charge in [-0.15, -0.1) is 0 Å². The van der Waals surface area contributed by atoms with Crippen molar-refractivity contribution in [1.29, 1.82) is 0 Å². The second kappa shape index (κ2) is 8.63. The highest BCUT2D eigenvalue weighted by atomic mass is 16.3. The lowest BCUT2D eigenvalue weighted by Crippen LogP contribution is -2.37. The summed E-state index contributed by atoms with van der Waals surface area (Å²) in [5.41, 5.74) is 0.319. The minimum absolute atomic E-state index is 0.103. The molecule has 0 atom stereocenters. The molecule has 0 saturated carbocycles. The van der Waals surface area contributed by atoms with E-state index in [0.29, 0.717) is 11.8 Å². The molecule has 1 amide bonds. The Bertz CT molecular complexity index is 279. The van der Waals surface area contributed by atoms with Crippen LogP contribution in [-0.2, 0) is 4.79 Å². The van der Waals surface area contributed by atoms with Crippen molar-refractivity contribution < 1.29 is 9.90 Å². The molecule has 0 aromatic rings. The van der Waals surface area contributed by atoms with E-state index in [1.54, 1.807) is 0 Å². The van der Waals surface area contributed by atoms with Gasteiger partial charge in [0.25, 0.3) is 0 Å². The van der Waals surface area contributed by atoms with Crippen LogP contribution in [0.1, 0.15) is 59.3 Å². The number of hydrogen-bond acceptors (Lipinski definition) is 3. The van der Waals surface area contributed by atoms with Crippen molar-refractivity contribution in [3.05, 3.63) is 0 Å². The van der Waals surface area contributed by atoms with Gasteiger partial charge in [-0.1, -0.05) is 20.8 Å². The van der Waals surface area contributed by atoms with Crippen LogP contribution in [0.4, 0.5) is 0 Å². The van der Waals surface area contributed by atoms with E-state index in [1.165, 1.54) is 0 Å².